The molecule has 0 heterocycles. The summed E-state index contributed by atoms with van der Waals surface area (Å²) < 4.78 is 82.9. The number of alkyl halides is 6. The number of ether oxygens (including phenoxy) is 1. The molecule has 1 aliphatic carbocycles. The van der Waals surface area contributed by atoms with Crippen molar-refractivity contribution >= 4 is 0 Å². The molecule has 1 aliphatic rings. The first kappa shape index (κ1) is 16.3. The Hall–Kier alpha value is -0.720. The third-order valence-corrected chi connectivity index (χ3v) is 3.45. The molecule has 112 valence electrons. The number of hydrogen-bond donors (Lipinski definition) is 0. The molecular weight excluding hydrogens is 274 g/mol. The summed E-state index contributed by atoms with van der Waals surface area (Å²) >= 11 is 0. The molecule has 0 aliphatic heterocycles. The standard InChI is InChI=1S/C12H16F6O/c1-2-8-19-10(11(13,14)15,12(16,17)18)9-6-4-3-5-7-9/h2,9H,1,3-8H2. The molecule has 1 rings (SSSR count). The van der Waals surface area contributed by atoms with Gasteiger partial charge in [-0.15, -0.1) is 6.58 Å². The first-order valence-electron chi connectivity index (χ1n) is 6.05. The van der Waals surface area contributed by atoms with E-state index in [9.17, 15) is 26.3 Å². The Kier molecular flexibility index (Phi) is 4.92. The van der Waals surface area contributed by atoms with Gasteiger partial charge >= 0.3 is 12.4 Å². The largest absolute Gasteiger partial charge is 0.426 e. The van der Waals surface area contributed by atoms with E-state index in [0.717, 1.165) is 6.08 Å². The summed E-state index contributed by atoms with van der Waals surface area (Å²) in [5, 5.41) is 0. The zero-order valence-corrected chi connectivity index (χ0v) is 10.3. The molecule has 7 heteroatoms. The summed E-state index contributed by atoms with van der Waals surface area (Å²) in [7, 11) is 0. The summed E-state index contributed by atoms with van der Waals surface area (Å²) in [6.07, 6.45) is -8.97. The van der Waals surface area contributed by atoms with Crippen LogP contribution in [0.1, 0.15) is 32.1 Å². The van der Waals surface area contributed by atoms with Crippen molar-refractivity contribution in [1.82, 2.24) is 0 Å². The zero-order valence-electron chi connectivity index (χ0n) is 10.3. The minimum Gasteiger partial charge on any atom is -0.354 e. The minimum atomic E-state index is -5.49. The third-order valence-electron chi connectivity index (χ3n) is 3.45. The first-order valence-corrected chi connectivity index (χ1v) is 6.05. The van der Waals surface area contributed by atoms with E-state index in [-0.39, 0.29) is 12.8 Å². The molecule has 0 aromatic heterocycles. The third kappa shape index (κ3) is 3.07. The maximum Gasteiger partial charge on any atom is 0.426 e. The quantitative estimate of drug-likeness (QED) is 0.541. The predicted molar refractivity (Wildman–Crippen MR) is 57.6 cm³/mol. The minimum absolute atomic E-state index is 0.129. The van der Waals surface area contributed by atoms with Crippen molar-refractivity contribution in [2.45, 2.75) is 50.1 Å². The maximum atomic E-state index is 13.1. The lowest BCUT2D eigenvalue weighted by Gasteiger charge is -2.43. The van der Waals surface area contributed by atoms with Gasteiger partial charge in [-0.1, -0.05) is 25.3 Å². The molecule has 0 unspecified atom stereocenters. The molecule has 0 saturated heterocycles. The van der Waals surface area contributed by atoms with Crippen molar-refractivity contribution in [1.29, 1.82) is 0 Å². The van der Waals surface area contributed by atoms with Crippen molar-refractivity contribution < 1.29 is 31.1 Å². The van der Waals surface area contributed by atoms with Crippen LogP contribution < -0.4 is 0 Å². The Morgan fingerprint density at radius 1 is 0.947 bits per heavy atom. The lowest BCUT2D eigenvalue weighted by molar-refractivity contribution is -0.397. The zero-order chi connectivity index (χ0) is 14.7. The lowest BCUT2D eigenvalue weighted by Crippen LogP contribution is -2.63. The van der Waals surface area contributed by atoms with E-state index in [0.29, 0.717) is 19.3 Å². The van der Waals surface area contributed by atoms with Gasteiger partial charge in [0, 0.05) is 5.92 Å². The van der Waals surface area contributed by atoms with Crippen LogP contribution >= 0.6 is 0 Å². The molecule has 0 radical (unpaired) electrons. The van der Waals surface area contributed by atoms with Crippen molar-refractivity contribution in [3.8, 4) is 0 Å². The molecule has 0 atom stereocenters. The second-order valence-corrected chi connectivity index (χ2v) is 4.67. The maximum absolute atomic E-state index is 13.1. The fourth-order valence-corrected chi connectivity index (χ4v) is 2.60. The van der Waals surface area contributed by atoms with E-state index in [1.165, 1.54) is 0 Å². The summed E-state index contributed by atoms with van der Waals surface area (Å²) in [6, 6.07) is 0. The Morgan fingerprint density at radius 2 is 1.42 bits per heavy atom. The second-order valence-electron chi connectivity index (χ2n) is 4.67. The highest BCUT2D eigenvalue weighted by atomic mass is 19.4. The van der Waals surface area contributed by atoms with Crippen LogP contribution in [0.4, 0.5) is 26.3 Å². The van der Waals surface area contributed by atoms with Gasteiger partial charge in [-0.2, -0.15) is 26.3 Å². The van der Waals surface area contributed by atoms with E-state index >= 15 is 0 Å². The highest BCUT2D eigenvalue weighted by Crippen LogP contribution is 2.54. The summed E-state index contributed by atoms with van der Waals surface area (Å²) in [6.45, 7) is 2.33. The molecule has 1 nitrogen and oxygen atoms in total. The van der Waals surface area contributed by atoms with Crippen LogP contribution in [0, 0.1) is 5.92 Å². The lowest BCUT2D eigenvalue weighted by atomic mass is 9.75. The van der Waals surface area contributed by atoms with Gasteiger partial charge in [0.05, 0.1) is 6.61 Å². The van der Waals surface area contributed by atoms with Crippen LogP contribution in [0.3, 0.4) is 0 Å². The van der Waals surface area contributed by atoms with Gasteiger partial charge in [0.25, 0.3) is 5.60 Å². The molecule has 1 saturated carbocycles. The fourth-order valence-electron chi connectivity index (χ4n) is 2.60. The average Bonchev–Trinajstić information content (AvgIpc) is 2.27. The highest BCUT2D eigenvalue weighted by Gasteiger charge is 2.75. The topological polar surface area (TPSA) is 9.23 Å². The summed E-state index contributed by atoms with van der Waals surface area (Å²) in [4.78, 5) is 0. The van der Waals surface area contributed by atoms with Crippen LogP contribution in [0.15, 0.2) is 12.7 Å². The van der Waals surface area contributed by atoms with E-state index < -0.39 is 30.5 Å². The van der Waals surface area contributed by atoms with E-state index in [1.807, 2.05) is 0 Å². The summed E-state index contributed by atoms with van der Waals surface area (Å²) in [5.41, 5.74) is -4.07. The van der Waals surface area contributed by atoms with Crippen molar-refractivity contribution in [3.63, 3.8) is 0 Å². The van der Waals surface area contributed by atoms with Crippen molar-refractivity contribution in [3.05, 3.63) is 12.7 Å². The van der Waals surface area contributed by atoms with Crippen LogP contribution in [0.25, 0.3) is 0 Å². The second kappa shape index (κ2) is 5.73. The number of hydrogen-bond acceptors (Lipinski definition) is 1. The SMILES string of the molecule is C=CCOC(C1CCCCC1)(C(F)(F)F)C(F)(F)F. The van der Waals surface area contributed by atoms with Gasteiger partial charge in [0.2, 0.25) is 0 Å². The molecule has 0 aromatic carbocycles. The highest BCUT2D eigenvalue weighted by molar-refractivity contribution is 5.02. The van der Waals surface area contributed by atoms with E-state index in [2.05, 4.69) is 11.3 Å². The van der Waals surface area contributed by atoms with Gasteiger partial charge in [0.15, 0.2) is 0 Å². The number of rotatable bonds is 4. The molecule has 0 N–H and O–H groups in total. The van der Waals surface area contributed by atoms with Crippen molar-refractivity contribution in [2.24, 2.45) is 5.92 Å². The summed E-state index contributed by atoms with van der Waals surface area (Å²) in [5.74, 6) is -1.58. The molecule has 0 amide bonds. The monoisotopic (exact) mass is 290 g/mol. The smallest absolute Gasteiger partial charge is 0.354 e. The first-order chi connectivity index (χ1) is 8.67. The fraction of sp³-hybridized carbons (Fsp3) is 0.833. The normalized spacial score (nSPS) is 19.5. The van der Waals surface area contributed by atoms with Gasteiger partial charge in [-0.25, -0.2) is 0 Å². The molecule has 0 bridgehead atoms. The molecule has 0 spiro atoms. The Labute approximate surface area is 107 Å². The van der Waals surface area contributed by atoms with Gasteiger partial charge in [-0.05, 0) is 12.8 Å². The van der Waals surface area contributed by atoms with Crippen molar-refractivity contribution in [2.75, 3.05) is 6.61 Å². The van der Waals surface area contributed by atoms with E-state index in [1.54, 1.807) is 0 Å². The van der Waals surface area contributed by atoms with E-state index in [4.69, 9.17) is 0 Å². The molecular formula is C12H16F6O. The predicted octanol–water partition coefficient (Wildman–Crippen LogP) is 4.63. The van der Waals surface area contributed by atoms with Crippen LogP contribution in [-0.2, 0) is 4.74 Å². The Bertz CT molecular complexity index is 286. The van der Waals surface area contributed by atoms with Crippen LogP contribution in [0.2, 0.25) is 0 Å². The number of halogens is 6. The molecule has 19 heavy (non-hydrogen) atoms. The Morgan fingerprint density at radius 3 is 1.79 bits per heavy atom. The Balaban J connectivity index is 3.20. The van der Waals surface area contributed by atoms with Gasteiger partial charge in [0.1, 0.15) is 0 Å². The van der Waals surface area contributed by atoms with Crippen LogP contribution in [-0.4, -0.2) is 24.6 Å². The molecule has 1 fully saturated rings. The van der Waals surface area contributed by atoms with Gasteiger partial charge < -0.3 is 4.74 Å². The van der Waals surface area contributed by atoms with Gasteiger partial charge in [-0.3, -0.25) is 0 Å². The molecule has 0 aromatic rings. The average molecular weight is 290 g/mol. The van der Waals surface area contributed by atoms with Crippen LogP contribution in [0.5, 0.6) is 0 Å².